The van der Waals surface area contributed by atoms with E-state index in [1.807, 2.05) is 12.3 Å². The number of nitrogens with one attached hydrogen (secondary N) is 2. The van der Waals surface area contributed by atoms with E-state index in [2.05, 4.69) is 61.1 Å². The smallest absolute Gasteiger partial charge is 0.145 e. The van der Waals surface area contributed by atoms with Gasteiger partial charge in [0, 0.05) is 18.0 Å². The third-order valence-corrected chi connectivity index (χ3v) is 5.61. The molecule has 3 rings (SSSR count). The molecule has 1 aliphatic rings. The van der Waals surface area contributed by atoms with Crippen molar-refractivity contribution in [3.63, 3.8) is 0 Å². The van der Waals surface area contributed by atoms with Crippen molar-refractivity contribution in [1.82, 2.24) is 9.97 Å². The Morgan fingerprint density at radius 1 is 0.968 bits per heavy atom. The average Bonchev–Trinajstić information content (AvgIpc) is 3.49. The Hall–Kier alpha value is -2.49. The molecule has 0 fully saturated rings. The van der Waals surface area contributed by atoms with E-state index in [1.165, 1.54) is 63.5 Å². The van der Waals surface area contributed by atoms with Crippen molar-refractivity contribution in [1.29, 1.82) is 0 Å². The molecule has 4 nitrogen and oxygen atoms in total. The van der Waals surface area contributed by atoms with Crippen LogP contribution in [0.4, 0.5) is 0 Å². The van der Waals surface area contributed by atoms with Crippen LogP contribution in [0.2, 0.25) is 0 Å². The van der Waals surface area contributed by atoms with Gasteiger partial charge in [-0.05, 0) is 57.0 Å². The molecule has 2 aromatic heterocycles. The van der Waals surface area contributed by atoms with Crippen molar-refractivity contribution in [2.75, 3.05) is 0 Å². The molecular formula is C27H39N3O. The minimum Gasteiger partial charge on any atom is -0.489 e. The van der Waals surface area contributed by atoms with Gasteiger partial charge in [0.1, 0.15) is 5.75 Å². The van der Waals surface area contributed by atoms with Crippen LogP contribution in [0.25, 0.3) is 17.5 Å². The molecule has 0 saturated heterocycles. The summed E-state index contributed by atoms with van der Waals surface area (Å²) in [6, 6.07) is 6.11. The van der Waals surface area contributed by atoms with Gasteiger partial charge in [0.05, 0.1) is 28.9 Å². The summed E-state index contributed by atoms with van der Waals surface area (Å²) in [7, 11) is 0. The van der Waals surface area contributed by atoms with Crippen molar-refractivity contribution in [2.45, 2.75) is 91.1 Å². The molecule has 0 amide bonds. The van der Waals surface area contributed by atoms with E-state index in [-0.39, 0.29) is 6.10 Å². The molecule has 2 aromatic rings. The Morgan fingerprint density at radius 2 is 1.71 bits per heavy atom. The van der Waals surface area contributed by atoms with Crippen molar-refractivity contribution < 1.29 is 4.74 Å². The summed E-state index contributed by atoms with van der Waals surface area (Å²) in [5.74, 6) is 0.864. The van der Waals surface area contributed by atoms with Gasteiger partial charge >= 0.3 is 0 Å². The predicted molar refractivity (Wildman–Crippen MR) is 133 cm³/mol. The maximum absolute atomic E-state index is 6.03. The maximum Gasteiger partial charge on any atom is 0.145 e. The van der Waals surface area contributed by atoms with E-state index in [0.717, 1.165) is 34.9 Å². The second-order valence-corrected chi connectivity index (χ2v) is 8.80. The molecule has 0 unspecified atom stereocenters. The quantitative estimate of drug-likeness (QED) is 0.298. The second kappa shape index (κ2) is 12.4. The molecule has 0 saturated carbocycles. The Balaban J connectivity index is 1.50. The van der Waals surface area contributed by atoms with E-state index < -0.39 is 0 Å². The van der Waals surface area contributed by atoms with Crippen molar-refractivity contribution in [3.8, 4) is 17.1 Å². The number of rotatable bonds is 14. The van der Waals surface area contributed by atoms with Gasteiger partial charge in [-0.3, -0.25) is 4.99 Å². The van der Waals surface area contributed by atoms with Gasteiger partial charge in [-0.15, -0.1) is 0 Å². The van der Waals surface area contributed by atoms with Gasteiger partial charge < -0.3 is 14.7 Å². The summed E-state index contributed by atoms with van der Waals surface area (Å²) in [5, 5.41) is 0. The normalized spacial score (nSPS) is 14.7. The van der Waals surface area contributed by atoms with E-state index in [4.69, 9.17) is 9.73 Å². The van der Waals surface area contributed by atoms with Crippen molar-refractivity contribution in [3.05, 3.63) is 47.9 Å². The molecule has 0 aliphatic carbocycles. The fourth-order valence-electron chi connectivity index (χ4n) is 3.96. The minimum atomic E-state index is 0.120. The predicted octanol–water partition coefficient (Wildman–Crippen LogP) is 8.07. The van der Waals surface area contributed by atoms with E-state index in [1.54, 1.807) is 0 Å². The van der Waals surface area contributed by atoms with Gasteiger partial charge in [0.25, 0.3) is 0 Å². The zero-order valence-electron chi connectivity index (χ0n) is 19.5. The molecule has 31 heavy (non-hydrogen) atoms. The van der Waals surface area contributed by atoms with Crippen LogP contribution in [0.3, 0.4) is 0 Å². The average molecular weight is 422 g/mol. The fourth-order valence-corrected chi connectivity index (χ4v) is 3.96. The number of allylic oxidation sites excluding steroid dienone is 2. The summed E-state index contributed by atoms with van der Waals surface area (Å²) in [5.41, 5.74) is 5.21. The molecule has 4 heteroatoms. The number of unbranched alkanes of at least 4 members (excludes halogenated alkanes) is 8. The molecule has 0 aromatic carbocycles. The molecule has 0 atom stereocenters. The molecule has 168 valence electrons. The van der Waals surface area contributed by atoms with Crippen molar-refractivity contribution >= 4 is 11.8 Å². The number of ether oxygens (including phenoxy) is 1. The second-order valence-electron chi connectivity index (χ2n) is 8.80. The van der Waals surface area contributed by atoms with Crippen LogP contribution >= 0.6 is 0 Å². The Morgan fingerprint density at radius 3 is 2.39 bits per heavy atom. The third kappa shape index (κ3) is 7.61. The summed E-state index contributed by atoms with van der Waals surface area (Å²) < 4.78 is 6.03. The first kappa shape index (κ1) is 23.2. The van der Waals surface area contributed by atoms with Crippen LogP contribution in [-0.4, -0.2) is 21.8 Å². The zero-order valence-corrected chi connectivity index (χ0v) is 19.5. The molecule has 0 radical (unpaired) electrons. The van der Waals surface area contributed by atoms with Crippen LogP contribution in [0.15, 0.2) is 47.2 Å². The number of nitrogens with zero attached hydrogens (tertiary/aromatic N) is 1. The van der Waals surface area contributed by atoms with Gasteiger partial charge in [-0.25, -0.2) is 0 Å². The standard InChI is InChI=1S/C27H39N3O/c1-4-5-6-7-8-9-10-11-12-14-22-16-17-23(29-22)19-26-27(31-21(2)3)20-25(30-26)24-15-13-18-28-24/h13,15-21,28,30H,4-12,14H2,1-3H3/b23-19+. The lowest BCUT2D eigenvalue weighted by atomic mass is 10.1. The highest BCUT2D eigenvalue weighted by Crippen LogP contribution is 2.30. The number of hydrogen-bond donors (Lipinski definition) is 2. The molecule has 0 spiro atoms. The lowest BCUT2D eigenvalue weighted by molar-refractivity contribution is 0.242. The van der Waals surface area contributed by atoms with Crippen molar-refractivity contribution in [2.24, 2.45) is 4.99 Å². The Labute approximate surface area is 187 Å². The molecular weight excluding hydrogens is 382 g/mol. The zero-order chi connectivity index (χ0) is 21.9. The van der Waals surface area contributed by atoms with Crippen LogP contribution in [0.1, 0.15) is 90.7 Å². The first-order valence-corrected chi connectivity index (χ1v) is 12.2. The number of aliphatic imine (C=N–C) groups is 1. The van der Waals surface area contributed by atoms with Gasteiger partial charge in [-0.2, -0.15) is 0 Å². The Bertz CT molecular complexity index is 868. The van der Waals surface area contributed by atoms with E-state index in [0.29, 0.717) is 0 Å². The topological polar surface area (TPSA) is 53.2 Å². The largest absolute Gasteiger partial charge is 0.489 e. The monoisotopic (exact) mass is 421 g/mol. The SMILES string of the molecule is CCCCCCCCCCCC1=N/C(=C/c2[nH]c(-c3ccc[nH]3)cc2OC(C)C)C=C1. The van der Waals surface area contributed by atoms with Gasteiger partial charge in [0.2, 0.25) is 0 Å². The summed E-state index contributed by atoms with van der Waals surface area (Å²) in [6.45, 7) is 6.38. The molecule has 3 heterocycles. The van der Waals surface area contributed by atoms with Crippen LogP contribution in [0.5, 0.6) is 5.75 Å². The lowest BCUT2D eigenvalue weighted by Crippen LogP contribution is -2.05. The molecule has 1 aliphatic heterocycles. The first-order valence-electron chi connectivity index (χ1n) is 12.2. The first-order chi connectivity index (χ1) is 15.2. The van der Waals surface area contributed by atoms with Gasteiger partial charge in [-0.1, -0.05) is 58.3 Å². The highest BCUT2D eigenvalue weighted by molar-refractivity contribution is 5.99. The summed E-state index contributed by atoms with van der Waals surface area (Å²) in [6.07, 6.45) is 21.7. The molecule has 2 N–H and O–H groups in total. The summed E-state index contributed by atoms with van der Waals surface area (Å²) >= 11 is 0. The number of H-pyrrole nitrogens is 2. The van der Waals surface area contributed by atoms with Crippen LogP contribution in [-0.2, 0) is 0 Å². The molecule has 0 bridgehead atoms. The Kier molecular flexibility index (Phi) is 9.26. The lowest BCUT2D eigenvalue weighted by Gasteiger charge is -2.08. The van der Waals surface area contributed by atoms with Crippen LogP contribution in [0, 0.1) is 0 Å². The fraction of sp³-hybridized carbons (Fsp3) is 0.519. The van der Waals surface area contributed by atoms with Crippen LogP contribution < -0.4 is 4.74 Å². The number of aromatic nitrogens is 2. The third-order valence-electron chi connectivity index (χ3n) is 5.61. The number of hydrogen-bond acceptors (Lipinski definition) is 2. The highest BCUT2D eigenvalue weighted by Gasteiger charge is 2.13. The van der Waals surface area contributed by atoms with Gasteiger partial charge in [0.15, 0.2) is 0 Å². The van der Waals surface area contributed by atoms with E-state index in [9.17, 15) is 0 Å². The summed E-state index contributed by atoms with van der Waals surface area (Å²) in [4.78, 5) is 11.6. The van der Waals surface area contributed by atoms with E-state index >= 15 is 0 Å². The number of aromatic amines is 2. The highest BCUT2D eigenvalue weighted by atomic mass is 16.5. The minimum absolute atomic E-state index is 0.120. The maximum atomic E-state index is 6.03.